The van der Waals surface area contributed by atoms with Crippen LogP contribution >= 0.6 is 15.9 Å². The molecule has 1 N–H and O–H groups in total. The Labute approximate surface area is 129 Å². The Kier molecular flexibility index (Phi) is 4.23. The topological polar surface area (TPSA) is 12.0 Å². The van der Waals surface area contributed by atoms with Crippen molar-refractivity contribution in [2.75, 3.05) is 7.05 Å². The number of hydrogen-bond donors (Lipinski definition) is 1. The van der Waals surface area contributed by atoms with Crippen LogP contribution in [-0.2, 0) is 12.8 Å². The monoisotopic (exact) mass is 329 g/mol. The number of halogens is 1. The minimum atomic E-state index is 0.476. The van der Waals surface area contributed by atoms with E-state index in [0.29, 0.717) is 12.0 Å². The predicted molar refractivity (Wildman–Crippen MR) is 87.9 cm³/mol. The van der Waals surface area contributed by atoms with Crippen LogP contribution in [0.2, 0.25) is 0 Å². The molecule has 0 saturated heterocycles. The number of hydrogen-bond acceptors (Lipinski definition) is 1. The van der Waals surface area contributed by atoms with Crippen molar-refractivity contribution in [1.29, 1.82) is 0 Å². The highest BCUT2D eigenvalue weighted by molar-refractivity contribution is 9.10. The van der Waals surface area contributed by atoms with Crippen LogP contribution in [0.5, 0.6) is 0 Å². The molecule has 0 amide bonds. The zero-order valence-electron chi connectivity index (χ0n) is 11.8. The Hall–Kier alpha value is -1.12. The largest absolute Gasteiger partial charge is 0.313 e. The van der Waals surface area contributed by atoms with Crippen LogP contribution in [0.4, 0.5) is 0 Å². The lowest BCUT2D eigenvalue weighted by Crippen LogP contribution is -2.31. The molecule has 0 saturated carbocycles. The van der Waals surface area contributed by atoms with Gasteiger partial charge in [-0.05, 0) is 61.1 Å². The fraction of sp³-hybridized carbons (Fsp3) is 0.333. The first kappa shape index (κ1) is 13.8. The number of aryl methyl sites for hydroxylation is 1. The Balaban J connectivity index is 1.82. The van der Waals surface area contributed by atoms with Crippen molar-refractivity contribution in [3.05, 3.63) is 69.7 Å². The van der Waals surface area contributed by atoms with E-state index < -0.39 is 0 Å². The third-order valence-electron chi connectivity index (χ3n) is 4.37. The summed E-state index contributed by atoms with van der Waals surface area (Å²) in [5, 5.41) is 3.53. The normalized spacial score (nSPS) is 21.5. The first-order chi connectivity index (χ1) is 9.78. The quantitative estimate of drug-likeness (QED) is 0.873. The molecule has 0 spiro atoms. The summed E-state index contributed by atoms with van der Waals surface area (Å²) in [5.41, 5.74) is 4.43. The lowest BCUT2D eigenvalue weighted by molar-refractivity contribution is 0.335. The average Bonchev–Trinajstić information content (AvgIpc) is 2.49. The van der Waals surface area contributed by atoms with Crippen molar-refractivity contribution in [1.82, 2.24) is 5.32 Å². The van der Waals surface area contributed by atoms with Gasteiger partial charge in [0.1, 0.15) is 0 Å². The molecular formula is C18H20BrN. The fourth-order valence-electron chi connectivity index (χ4n) is 3.36. The minimum Gasteiger partial charge on any atom is -0.313 e. The molecule has 2 aromatic rings. The lowest BCUT2D eigenvalue weighted by Gasteiger charge is -2.33. The third kappa shape index (κ3) is 2.82. The van der Waals surface area contributed by atoms with Gasteiger partial charge in [0.05, 0.1) is 0 Å². The van der Waals surface area contributed by atoms with Gasteiger partial charge in [-0.25, -0.2) is 0 Å². The summed E-state index contributed by atoms with van der Waals surface area (Å²) in [6.07, 6.45) is 3.61. The molecule has 2 aromatic carbocycles. The van der Waals surface area contributed by atoms with Crippen molar-refractivity contribution in [2.45, 2.75) is 25.3 Å². The van der Waals surface area contributed by atoms with Gasteiger partial charge in [0, 0.05) is 10.5 Å². The van der Waals surface area contributed by atoms with Gasteiger partial charge in [0.25, 0.3) is 0 Å². The summed E-state index contributed by atoms with van der Waals surface area (Å²) in [4.78, 5) is 0. The summed E-state index contributed by atoms with van der Waals surface area (Å²) < 4.78 is 1.15. The van der Waals surface area contributed by atoms with E-state index in [1.165, 1.54) is 29.5 Å². The van der Waals surface area contributed by atoms with Crippen LogP contribution < -0.4 is 5.32 Å². The highest BCUT2D eigenvalue weighted by atomic mass is 79.9. The highest BCUT2D eigenvalue weighted by Crippen LogP contribution is 2.36. The van der Waals surface area contributed by atoms with Crippen molar-refractivity contribution in [3.8, 4) is 0 Å². The molecule has 0 radical (unpaired) electrons. The van der Waals surface area contributed by atoms with Gasteiger partial charge in [0.15, 0.2) is 0 Å². The van der Waals surface area contributed by atoms with E-state index in [9.17, 15) is 0 Å². The lowest BCUT2D eigenvalue weighted by atomic mass is 9.77. The maximum absolute atomic E-state index is 3.53. The molecule has 1 aliphatic carbocycles. The van der Waals surface area contributed by atoms with Crippen molar-refractivity contribution < 1.29 is 0 Å². The number of fused-ring (bicyclic) bond motifs is 1. The first-order valence-corrected chi connectivity index (χ1v) is 8.06. The SMILES string of the molecule is CNC1c2ccccc2CCC1Cc1ccc(Br)cc1. The van der Waals surface area contributed by atoms with Gasteiger partial charge in [0.2, 0.25) is 0 Å². The Morgan fingerprint density at radius 1 is 1.10 bits per heavy atom. The smallest absolute Gasteiger partial charge is 0.0352 e. The molecule has 0 bridgehead atoms. The van der Waals surface area contributed by atoms with Crippen LogP contribution in [0.3, 0.4) is 0 Å². The van der Waals surface area contributed by atoms with E-state index in [-0.39, 0.29) is 0 Å². The van der Waals surface area contributed by atoms with Crippen molar-refractivity contribution in [3.63, 3.8) is 0 Å². The molecule has 2 atom stereocenters. The van der Waals surface area contributed by atoms with Crippen LogP contribution in [0.25, 0.3) is 0 Å². The molecule has 0 aliphatic heterocycles. The molecule has 20 heavy (non-hydrogen) atoms. The summed E-state index contributed by atoms with van der Waals surface area (Å²) in [6.45, 7) is 0. The first-order valence-electron chi connectivity index (χ1n) is 7.27. The van der Waals surface area contributed by atoms with Crippen LogP contribution in [0.1, 0.15) is 29.2 Å². The van der Waals surface area contributed by atoms with Crippen LogP contribution in [-0.4, -0.2) is 7.05 Å². The van der Waals surface area contributed by atoms with Gasteiger partial charge in [-0.3, -0.25) is 0 Å². The zero-order valence-corrected chi connectivity index (χ0v) is 13.4. The molecule has 1 nitrogen and oxygen atoms in total. The second-order valence-corrected chi connectivity index (χ2v) is 6.51. The number of nitrogens with one attached hydrogen (secondary N) is 1. The Bertz CT molecular complexity index is 576. The molecule has 2 heteroatoms. The maximum Gasteiger partial charge on any atom is 0.0352 e. The summed E-state index contributed by atoms with van der Waals surface area (Å²) >= 11 is 3.51. The van der Waals surface area contributed by atoms with E-state index in [2.05, 4.69) is 76.8 Å². The van der Waals surface area contributed by atoms with Crippen LogP contribution in [0.15, 0.2) is 53.0 Å². The van der Waals surface area contributed by atoms with Gasteiger partial charge in [-0.2, -0.15) is 0 Å². The van der Waals surface area contributed by atoms with E-state index in [4.69, 9.17) is 0 Å². The molecule has 2 unspecified atom stereocenters. The second-order valence-electron chi connectivity index (χ2n) is 5.59. The van der Waals surface area contributed by atoms with Crippen molar-refractivity contribution in [2.24, 2.45) is 5.92 Å². The molecule has 0 fully saturated rings. The molecule has 3 rings (SSSR count). The number of rotatable bonds is 3. The van der Waals surface area contributed by atoms with E-state index in [1.54, 1.807) is 0 Å². The van der Waals surface area contributed by atoms with Crippen molar-refractivity contribution >= 4 is 15.9 Å². The molecule has 104 valence electrons. The fourth-order valence-corrected chi connectivity index (χ4v) is 3.63. The Morgan fingerprint density at radius 3 is 2.60 bits per heavy atom. The van der Waals surface area contributed by atoms with E-state index in [1.807, 2.05) is 0 Å². The van der Waals surface area contributed by atoms with Gasteiger partial charge in [-0.1, -0.05) is 52.3 Å². The average molecular weight is 330 g/mol. The summed E-state index contributed by atoms with van der Waals surface area (Å²) in [5.74, 6) is 0.677. The summed E-state index contributed by atoms with van der Waals surface area (Å²) in [7, 11) is 2.08. The molecular weight excluding hydrogens is 310 g/mol. The Morgan fingerprint density at radius 2 is 1.85 bits per heavy atom. The van der Waals surface area contributed by atoms with E-state index in [0.717, 1.165) is 10.9 Å². The molecule has 1 aliphatic rings. The molecule has 0 heterocycles. The van der Waals surface area contributed by atoms with Gasteiger partial charge < -0.3 is 5.32 Å². The zero-order chi connectivity index (χ0) is 13.9. The minimum absolute atomic E-state index is 0.476. The third-order valence-corrected chi connectivity index (χ3v) is 4.90. The summed E-state index contributed by atoms with van der Waals surface area (Å²) in [6, 6.07) is 18.1. The second kappa shape index (κ2) is 6.11. The number of benzene rings is 2. The van der Waals surface area contributed by atoms with Gasteiger partial charge >= 0.3 is 0 Å². The van der Waals surface area contributed by atoms with Crippen LogP contribution in [0, 0.1) is 5.92 Å². The van der Waals surface area contributed by atoms with Gasteiger partial charge in [-0.15, -0.1) is 0 Å². The van der Waals surface area contributed by atoms with E-state index >= 15 is 0 Å². The molecule has 0 aromatic heterocycles. The maximum atomic E-state index is 3.53. The standard InChI is InChI=1S/C18H20BrN/c1-20-18-15(12-13-6-10-16(19)11-7-13)9-8-14-4-2-3-5-17(14)18/h2-7,10-11,15,18,20H,8-9,12H2,1H3. The predicted octanol–water partition coefficient (Wildman–Crippen LogP) is 4.51. The highest BCUT2D eigenvalue weighted by Gasteiger charge is 2.28.